The number of carbonyl (C=O) groups excluding carboxylic acids is 1. The number of halogens is 4. The lowest BCUT2D eigenvalue weighted by atomic mass is 10.1. The molecule has 0 saturated carbocycles. The van der Waals surface area contributed by atoms with E-state index in [1.165, 1.54) is 0 Å². The van der Waals surface area contributed by atoms with Crippen LogP contribution in [-0.2, 0) is 10.2 Å². The van der Waals surface area contributed by atoms with Crippen LogP contribution in [0.5, 0.6) is 5.75 Å². The molecule has 1 fully saturated rings. The lowest BCUT2D eigenvalue weighted by Crippen LogP contribution is -2.42. The summed E-state index contributed by atoms with van der Waals surface area (Å²) in [6, 6.07) is 1.29. The molecule has 1 aromatic carbocycles. The van der Waals surface area contributed by atoms with Gasteiger partial charge in [0.2, 0.25) is 0 Å². The van der Waals surface area contributed by atoms with Gasteiger partial charge in [-0.15, -0.1) is 0 Å². The van der Waals surface area contributed by atoms with Crippen LogP contribution in [0.3, 0.4) is 0 Å². The molecule has 0 unspecified atom stereocenters. The van der Waals surface area contributed by atoms with Crippen LogP contribution in [-0.4, -0.2) is 55.6 Å². The minimum Gasteiger partial charge on any atom is -0.480 e. The predicted molar refractivity (Wildman–Crippen MR) is 82.1 cm³/mol. The van der Waals surface area contributed by atoms with Gasteiger partial charge >= 0.3 is 22.4 Å². The average molecular weight is 414 g/mol. The van der Waals surface area contributed by atoms with Gasteiger partial charge in [0.25, 0.3) is 5.91 Å². The van der Waals surface area contributed by atoms with Crippen LogP contribution >= 0.6 is 0 Å². The number of ether oxygens (including phenoxy) is 1. The summed E-state index contributed by atoms with van der Waals surface area (Å²) in [5.41, 5.74) is -1.92. The Morgan fingerprint density at radius 3 is 2.26 bits per heavy atom. The highest BCUT2D eigenvalue weighted by Crippen LogP contribution is 2.28. The van der Waals surface area contributed by atoms with Crippen molar-refractivity contribution in [2.24, 2.45) is 0 Å². The minimum absolute atomic E-state index is 0.145. The molecule has 1 aromatic rings. The van der Waals surface area contributed by atoms with E-state index < -0.39 is 57.6 Å². The maximum absolute atomic E-state index is 14.2. The molecule has 2 rings (SSSR count). The number of rotatable bonds is 6. The SMILES string of the molecule is O=C(O)c1ccc(C(=O)NS(=O)(=O)N2CCCC2)c(OCC(F)(F)F)c1F. The van der Waals surface area contributed by atoms with Gasteiger partial charge in [0.15, 0.2) is 18.2 Å². The molecule has 13 heteroatoms. The lowest BCUT2D eigenvalue weighted by molar-refractivity contribution is -0.153. The van der Waals surface area contributed by atoms with Crippen molar-refractivity contribution in [3.63, 3.8) is 0 Å². The quantitative estimate of drug-likeness (QED) is 0.683. The third-order valence-corrected chi connectivity index (χ3v) is 5.07. The van der Waals surface area contributed by atoms with E-state index in [0.717, 1.165) is 4.31 Å². The van der Waals surface area contributed by atoms with E-state index in [9.17, 15) is 35.6 Å². The van der Waals surface area contributed by atoms with Crippen LogP contribution in [0.1, 0.15) is 33.6 Å². The molecule has 0 radical (unpaired) electrons. The smallest absolute Gasteiger partial charge is 0.422 e. The first-order valence-electron chi connectivity index (χ1n) is 7.50. The normalized spacial score (nSPS) is 15.6. The predicted octanol–water partition coefficient (Wildman–Crippen LogP) is 1.54. The van der Waals surface area contributed by atoms with Gasteiger partial charge in [-0.25, -0.2) is 13.9 Å². The number of hydrogen-bond acceptors (Lipinski definition) is 5. The van der Waals surface area contributed by atoms with Crippen LogP contribution in [0.15, 0.2) is 12.1 Å². The first kappa shape index (κ1) is 20.9. The number of hydrogen-bond donors (Lipinski definition) is 2. The molecule has 0 atom stereocenters. The highest BCUT2D eigenvalue weighted by molar-refractivity contribution is 7.87. The Labute approximate surface area is 150 Å². The van der Waals surface area contributed by atoms with E-state index in [2.05, 4.69) is 4.74 Å². The summed E-state index contributed by atoms with van der Waals surface area (Å²) in [5.74, 6) is -6.28. The maximum Gasteiger partial charge on any atom is 0.422 e. The topological polar surface area (TPSA) is 113 Å². The average Bonchev–Trinajstić information content (AvgIpc) is 3.07. The Morgan fingerprint density at radius 1 is 1.19 bits per heavy atom. The van der Waals surface area contributed by atoms with Gasteiger partial charge in [-0.1, -0.05) is 0 Å². The van der Waals surface area contributed by atoms with Gasteiger partial charge in [0.1, 0.15) is 0 Å². The van der Waals surface area contributed by atoms with Crippen molar-refractivity contribution in [1.29, 1.82) is 0 Å². The van der Waals surface area contributed by atoms with Crippen molar-refractivity contribution in [2.75, 3.05) is 19.7 Å². The molecule has 1 amide bonds. The molecular formula is C14H14F4N2O6S. The van der Waals surface area contributed by atoms with Crippen LogP contribution in [0.25, 0.3) is 0 Å². The van der Waals surface area contributed by atoms with E-state index in [0.29, 0.717) is 25.0 Å². The van der Waals surface area contributed by atoms with E-state index in [4.69, 9.17) is 5.11 Å². The van der Waals surface area contributed by atoms with Crippen LogP contribution in [0.4, 0.5) is 17.6 Å². The minimum atomic E-state index is -4.90. The van der Waals surface area contributed by atoms with Crippen LogP contribution < -0.4 is 9.46 Å². The third kappa shape index (κ3) is 5.07. The number of alkyl halides is 3. The van der Waals surface area contributed by atoms with Gasteiger partial charge in [0, 0.05) is 13.1 Å². The summed E-state index contributed by atoms with van der Waals surface area (Å²) in [6.07, 6.45) is -3.77. The molecule has 27 heavy (non-hydrogen) atoms. The van der Waals surface area contributed by atoms with Gasteiger partial charge in [-0.3, -0.25) is 4.79 Å². The fourth-order valence-electron chi connectivity index (χ4n) is 2.36. The largest absolute Gasteiger partial charge is 0.480 e. The number of aromatic carboxylic acids is 1. The molecule has 1 heterocycles. The number of carboxylic acid groups (broad SMARTS) is 1. The second-order valence-electron chi connectivity index (χ2n) is 5.56. The first-order chi connectivity index (χ1) is 12.4. The van der Waals surface area contributed by atoms with Crippen LogP contribution in [0.2, 0.25) is 0 Å². The standard InChI is InChI=1S/C14H14F4N2O6S/c15-10-8(13(22)23)3-4-9(11(10)26-7-14(16,17)18)12(21)19-27(24,25)20-5-1-2-6-20/h3-4H,1-2,5-7H2,(H,19,21)(H,22,23). The van der Waals surface area contributed by atoms with E-state index >= 15 is 0 Å². The van der Waals surface area contributed by atoms with Crippen molar-refractivity contribution in [1.82, 2.24) is 9.03 Å². The molecular weight excluding hydrogens is 400 g/mol. The van der Waals surface area contributed by atoms with E-state index in [1.807, 2.05) is 0 Å². The Kier molecular flexibility index (Phi) is 5.94. The number of amides is 1. The molecule has 8 nitrogen and oxygen atoms in total. The molecule has 0 aromatic heterocycles. The van der Waals surface area contributed by atoms with Crippen molar-refractivity contribution in [3.8, 4) is 5.75 Å². The molecule has 2 N–H and O–H groups in total. The van der Waals surface area contributed by atoms with E-state index in [1.54, 1.807) is 4.72 Å². The van der Waals surface area contributed by atoms with Gasteiger partial charge in [0.05, 0.1) is 11.1 Å². The van der Waals surface area contributed by atoms with Crippen molar-refractivity contribution < 1.29 is 45.4 Å². The Hall–Kier alpha value is -2.41. The third-order valence-electron chi connectivity index (χ3n) is 3.58. The summed E-state index contributed by atoms with van der Waals surface area (Å²) in [6.45, 7) is -1.72. The Morgan fingerprint density at radius 2 is 1.74 bits per heavy atom. The molecule has 1 aliphatic heterocycles. The monoisotopic (exact) mass is 414 g/mol. The number of nitrogens with one attached hydrogen (secondary N) is 1. The second-order valence-corrected chi connectivity index (χ2v) is 7.23. The second kappa shape index (κ2) is 7.68. The first-order valence-corrected chi connectivity index (χ1v) is 8.94. The number of nitrogens with zero attached hydrogens (tertiary/aromatic N) is 1. The van der Waals surface area contributed by atoms with Crippen molar-refractivity contribution in [3.05, 3.63) is 29.1 Å². The van der Waals surface area contributed by atoms with E-state index in [-0.39, 0.29) is 13.1 Å². The summed E-state index contributed by atoms with van der Waals surface area (Å²) < 4.78 is 82.4. The van der Waals surface area contributed by atoms with Gasteiger partial charge < -0.3 is 9.84 Å². The Balaban J connectivity index is 2.37. The highest BCUT2D eigenvalue weighted by atomic mass is 32.2. The zero-order valence-electron chi connectivity index (χ0n) is 13.5. The fraction of sp³-hybridized carbons (Fsp3) is 0.429. The van der Waals surface area contributed by atoms with Crippen molar-refractivity contribution in [2.45, 2.75) is 19.0 Å². The highest BCUT2D eigenvalue weighted by Gasteiger charge is 2.33. The molecule has 0 aliphatic carbocycles. The zero-order valence-corrected chi connectivity index (χ0v) is 14.4. The summed E-state index contributed by atoms with van der Waals surface area (Å²) in [7, 11) is -4.29. The summed E-state index contributed by atoms with van der Waals surface area (Å²) >= 11 is 0. The molecule has 1 saturated heterocycles. The summed E-state index contributed by atoms with van der Waals surface area (Å²) in [4.78, 5) is 23.1. The van der Waals surface area contributed by atoms with Gasteiger partial charge in [-0.05, 0) is 25.0 Å². The molecule has 0 bridgehead atoms. The number of benzene rings is 1. The zero-order chi connectivity index (χ0) is 20.4. The summed E-state index contributed by atoms with van der Waals surface area (Å²) in [5, 5.41) is 8.86. The van der Waals surface area contributed by atoms with Crippen molar-refractivity contribution >= 4 is 22.1 Å². The number of carbonyl (C=O) groups is 2. The number of carboxylic acids is 1. The fourth-order valence-corrected chi connectivity index (χ4v) is 3.57. The lowest BCUT2D eigenvalue weighted by Gasteiger charge is -2.18. The molecule has 150 valence electrons. The Bertz CT molecular complexity index is 850. The van der Waals surface area contributed by atoms with Crippen LogP contribution in [0, 0.1) is 5.82 Å². The maximum atomic E-state index is 14.2. The molecule has 0 spiro atoms. The molecule has 1 aliphatic rings. The van der Waals surface area contributed by atoms with Gasteiger partial charge in [-0.2, -0.15) is 25.9 Å².